The second-order valence-electron chi connectivity index (χ2n) is 9.53. The molecule has 0 aliphatic heterocycles. The fraction of sp³-hybridized carbons (Fsp3) is 0.500. The standard InChI is InChI=1S/C26H38N2O5S/c1-20-17-24(14-12-22(20)13-15-25(30)31)34(32,33)28(4)19-23(29)18-27-26(2,3)16-8-11-21-9-6-5-7-10-21/h5-7,9-10,12,14,17,23,27,29H,8,11,13,15-16,18-19H2,1-4H3,(H,30,31)/t23-/m1/s1. The Hall–Kier alpha value is -2.26. The number of hydrogen-bond acceptors (Lipinski definition) is 5. The molecule has 2 rings (SSSR count). The van der Waals surface area contributed by atoms with E-state index in [1.807, 2.05) is 18.2 Å². The molecular weight excluding hydrogens is 452 g/mol. The van der Waals surface area contributed by atoms with Gasteiger partial charge < -0.3 is 15.5 Å². The summed E-state index contributed by atoms with van der Waals surface area (Å²) in [5.41, 5.74) is 2.66. The van der Waals surface area contributed by atoms with Crippen molar-refractivity contribution >= 4 is 16.0 Å². The number of rotatable bonds is 14. The Morgan fingerprint density at radius 1 is 1.12 bits per heavy atom. The van der Waals surface area contributed by atoms with Crippen molar-refractivity contribution in [2.24, 2.45) is 0 Å². The predicted molar refractivity (Wildman–Crippen MR) is 134 cm³/mol. The summed E-state index contributed by atoms with van der Waals surface area (Å²) < 4.78 is 27.1. The number of β-amino-alcohol motifs (C(OH)–C–C–N with tert-alkyl or cyclic N) is 1. The number of carboxylic acid groups (broad SMARTS) is 1. The molecule has 0 spiro atoms. The summed E-state index contributed by atoms with van der Waals surface area (Å²) in [6.45, 7) is 6.19. The van der Waals surface area contributed by atoms with E-state index < -0.39 is 22.1 Å². The smallest absolute Gasteiger partial charge is 0.303 e. The van der Waals surface area contributed by atoms with Crippen molar-refractivity contribution in [1.82, 2.24) is 9.62 Å². The van der Waals surface area contributed by atoms with Crippen LogP contribution in [-0.2, 0) is 27.7 Å². The van der Waals surface area contributed by atoms with E-state index in [1.165, 1.54) is 18.7 Å². The molecule has 8 heteroatoms. The van der Waals surface area contributed by atoms with Gasteiger partial charge in [-0.25, -0.2) is 8.42 Å². The zero-order valence-electron chi connectivity index (χ0n) is 20.6. The highest BCUT2D eigenvalue weighted by atomic mass is 32.2. The molecule has 1 atom stereocenters. The molecule has 0 fully saturated rings. The van der Waals surface area contributed by atoms with Gasteiger partial charge in [-0.3, -0.25) is 4.79 Å². The summed E-state index contributed by atoms with van der Waals surface area (Å²) in [7, 11) is -2.32. The second-order valence-corrected chi connectivity index (χ2v) is 11.6. The lowest BCUT2D eigenvalue weighted by atomic mass is 9.95. The number of benzene rings is 2. The Balaban J connectivity index is 1.86. The molecule has 3 N–H and O–H groups in total. The van der Waals surface area contributed by atoms with Gasteiger partial charge >= 0.3 is 5.97 Å². The monoisotopic (exact) mass is 490 g/mol. The number of carbonyl (C=O) groups is 1. The Morgan fingerprint density at radius 3 is 2.41 bits per heavy atom. The first-order chi connectivity index (χ1) is 15.9. The molecule has 0 radical (unpaired) electrons. The van der Waals surface area contributed by atoms with Crippen LogP contribution >= 0.6 is 0 Å². The Kier molecular flexibility index (Phi) is 10.2. The zero-order chi connectivity index (χ0) is 25.4. The minimum absolute atomic E-state index is 0.00532. The normalized spacial score (nSPS) is 13.2. The van der Waals surface area contributed by atoms with Gasteiger partial charge in [0.25, 0.3) is 0 Å². The van der Waals surface area contributed by atoms with Crippen molar-refractivity contribution in [3.63, 3.8) is 0 Å². The molecule has 0 aliphatic rings. The van der Waals surface area contributed by atoms with E-state index in [1.54, 1.807) is 19.1 Å². The van der Waals surface area contributed by atoms with Crippen LogP contribution in [0.3, 0.4) is 0 Å². The van der Waals surface area contributed by atoms with Crippen LogP contribution in [0.1, 0.15) is 49.8 Å². The topological polar surface area (TPSA) is 107 Å². The first-order valence-electron chi connectivity index (χ1n) is 11.7. The van der Waals surface area contributed by atoms with E-state index >= 15 is 0 Å². The minimum Gasteiger partial charge on any atom is -0.481 e. The second kappa shape index (κ2) is 12.4. The van der Waals surface area contributed by atoms with Crippen LogP contribution in [0, 0.1) is 6.92 Å². The largest absolute Gasteiger partial charge is 0.481 e. The number of carboxylic acids is 1. The van der Waals surface area contributed by atoms with Crippen molar-refractivity contribution in [2.45, 2.75) is 69.4 Å². The van der Waals surface area contributed by atoms with Crippen LogP contribution in [0.15, 0.2) is 53.4 Å². The number of nitrogens with one attached hydrogen (secondary N) is 1. The molecule has 0 saturated heterocycles. The maximum Gasteiger partial charge on any atom is 0.303 e. The van der Waals surface area contributed by atoms with E-state index in [4.69, 9.17) is 5.11 Å². The van der Waals surface area contributed by atoms with Gasteiger partial charge in [0, 0.05) is 32.1 Å². The van der Waals surface area contributed by atoms with Gasteiger partial charge in [0.2, 0.25) is 10.0 Å². The Morgan fingerprint density at radius 2 is 1.79 bits per heavy atom. The Labute approximate surface area is 203 Å². The number of sulfonamides is 1. The molecule has 0 amide bonds. The average molecular weight is 491 g/mol. The third-order valence-electron chi connectivity index (χ3n) is 6.02. The number of aliphatic carboxylic acids is 1. The van der Waals surface area contributed by atoms with Crippen molar-refractivity contribution in [1.29, 1.82) is 0 Å². The summed E-state index contributed by atoms with van der Waals surface area (Å²) in [5, 5.41) is 22.7. The van der Waals surface area contributed by atoms with E-state index in [9.17, 15) is 18.3 Å². The molecule has 0 aromatic heterocycles. The third kappa shape index (κ3) is 8.83. The quantitative estimate of drug-likeness (QED) is 0.375. The minimum atomic E-state index is -3.77. The van der Waals surface area contributed by atoms with Crippen LogP contribution in [-0.4, -0.2) is 60.7 Å². The molecule has 2 aromatic carbocycles. The van der Waals surface area contributed by atoms with Gasteiger partial charge in [0.1, 0.15) is 0 Å². The lowest BCUT2D eigenvalue weighted by molar-refractivity contribution is -0.136. The maximum absolute atomic E-state index is 13.0. The van der Waals surface area contributed by atoms with Gasteiger partial charge in [0.15, 0.2) is 0 Å². The van der Waals surface area contributed by atoms with Crippen LogP contribution in [0.25, 0.3) is 0 Å². The molecule has 34 heavy (non-hydrogen) atoms. The fourth-order valence-electron chi connectivity index (χ4n) is 3.85. The summed E-state index contributed by atoms with van der Waals surface area (Å²) in [6, 6.07) is 15.0. The van der Waals surface area contributed by atoms with E-state index in [-0.39, 0.29) is 29.9 Å². The molecule has 0 unspecified atom stereocenters. The van der Waals surface area contributed by atoms with Crippen LogP contribution in [0.5, 0.6) is 0 Å². The lowest BCUT2D eigenvalue weighted by Crippen LogP contribution is -2.46. The van der Waals surface area contributed by atoms with Gasteiger partial charge in [-0.05, 0) is 75.3 Å². The summed E-state index contributed by atoms with van der Waals surface area (Å²) >= 11 is 0. The van der Waals surface area contributed by atoms with Crippen LogP contribution in [0.4, 0.5) is 0 Å². The first-order valence-corrected chi connectivity index (χ1v) is 13.1. The highest BCUT2D eigenvalue weighted by molar-refractivity contribution is 7.89. The van der Waals surface area contributed by atoms with E-state index in [0.29, 0.717) is 6.42 Å². The van der Waals surface area contributed by atoms with E-state index in [2.05, 4.69) is 31.3 Å². The molecule has 0 heterocycles. The molecule has 188 valence electrons. The number of aryl methyl sites for hydroxylation is 3. The zero-order valence-corrected chi connectivity index (χ0v) is 21.4. The molecule has 7 nitrogen and oxygen atoms in total. The van der Waals surface area contributed by atoms with Gasteiger partial charge in [-0.2, -0.15) is 4.31 Å². The number of likely N-dealkylation sites (N-methyl/N-ethyl adjacent to an activating group) is 1. The van der Waals surface area contributed by atoms with Gasteiger partial charge in [-0.1, -0.05) is 36.4 Å². The number of aliphatic hydroxyl groups is 1. The number of hydrogen-bond donors (Lipinski definition) is 3. The van der Waals surface area contributed by atoms with Crippen molar-refractivity contribution in [3.05, 3.63) is 65.2 Å². The van der Waals surface area contributed by atoms with Gasteiger partial charge in [-0.15, -0.1) is 0 Å². The van der Waals surface area contributed by atoms with Gasteiger partial charge in [0.05, 0.1) is 11.0 Å². The maximum atomic E-state index is 13.0. The lowest BCUT2D eigenvalue weighted by Gasteiger charge is -2.29. The molecule has 0 bridgehead atoms. The number of aliphatic hydroxyl groups excluding tert-OH is 1. The summed E-state index contributed by atoms with van der Waals surface area (Å²) in [4.78, 5) is 10.9. The SMILES string of the molecule is Cc1cc(S(=O)(=O)N(C)C[C@H](O)CNC(C)(C)CCCc2ccccc2)ccc1CCC(=O)O. The predicted octanol–water partition coefficient (Wildman–Crippen LogP) is 3.38. The van der Waals surface area contributed by atoms with Crippen LogP contribution in [0.2, 0.25) is 0 Å². The molecule has 2 aromatic rings. The highest BCUT2D eigenvalue weighted by Crippen LogP contribution is 2.20. The highest BCUT2D eigenvalue weighted by Gasteiger charge is 2.25. The molecule has 0 saturated carbocycles. The third-order valence-corrected chi connectivity index (χ3v) is 7.84. The molecular formula is C26H38N2O5S. The number of nitrogens with zero attached hydrogens (tertiary/aromatic N) is 1. The Bertz CT molecular complexity index is 1040. The van der Waals surface area contributed by atoms with Crippen LogP contribution < -0.4 is 5.32 Å². The van der Waals surface area contributed by atoms with E-state index in [0.717, 1.165) is 34.7 Å². The summed E-state index contributed by atoms with van der Waals surface area (Å²) in [6.07, 6.45) is 2.41. The van der Waals surface area contributed by atoms with Crippen molar-refractivity contribution < 1.29 is 23.4 Å². The average Bonchev–Trinajstić information content (AvgIpc) is 2.77. The van der Waals surface area contributed by atoms with Crippen molar-refractivity contribution in [2.75, 3.05) is 20.1 Å². The molecule has 0 aliphatic carbocycles. The fourth-order valence-corrected chi connectivity index (χ4v) is 5.15. The first kappa shape index (κ1) is 28.0. The summed E-state index contributed by atoms with van der Waals surface area (Å²) in [5.74, 6) is -0.891. The van der Waals surface area contributed by atoms with Crippen molar-refractivity contribution in [3.8, 4) is 0 Å².